The van der Waals surface area contributed by atoms with Crippen LogP contribution in [0.5, 0.6) is 0 Å². The first-order valence-electron chi connectivity index (χ1n) is 8.25. The number of pyridine rings is 1. The zero-order valence-electron chi connectivity index (χ0n) is 14.9. The Balaban J connectivity index is 2.17. The summed E-state index contributed by atoms with van der Waals surface area (Å²) in [6, 6.07) is 12.9. The smallest absolute Gasteiger partial charge is 0.243 e. The van der Waals surface area contributed by atoms with E-state index in [1.807, 2.05) is 37.3 Å². The molecule has 0 saturated heterocycles. The largest absolute Gasteiger partial charge is 0.261 e. The zero-order valence-corrected chi connectivity index (χ0v) is 15.7. The minimum atomic E-state index is -3.48. The molecule has 24 heavy (non-hydrogen) atoms. The minimum absolute atomic E-state index is 0.00567. The molecule has 0 spiro atoms. The van der Waals surface area contributed by atoms with E-state index in [4.69, 9.17) is 0 Å². The molecule has 0 aliphatic rings. The molecular formula is C19H26N2O2S. The van der Waals surface area contributed by atoms with E-state index in [1.165, 1.54) is 4.31 Å². The predicted octanol–water partition coefficient (Wildman–Crippen LogP) is 3.63. The van der Waals surface area contributed by atoms with E-state index in [9.17, 15) is 8.42 Å². The van der Waals surface area contributed by atoms with Crippen molar-refractivity contribution in [2.24, 2.45) is 0 Å². The van der Waals surface area contributed by atoms with Crippen molar-refractivity contribution in [1.82, 2.24) is 9.29 Å². The lowest BCUT2D eigenvalue weighted by atomic mass is 9.87. The highest BCUT2D eigenvalue weighted by Crippen LogP contribution is 2.24. The van der Waals surface area contributed by atoms with Gasteiger partial charge in [0.2, 0.25) is 10.0 Å². The van der Waals surface area contributed by atoms with Crippen LogP contribution in [-0.2, 0) is 21.9 Å². The van der Waals surface area contributed by atoms with E-state index in [2.05, 4.69) is 25.8 Å². The van der Waals surface area contributed by atoms with E-state index in [-0.39, 0.29) is 5.41 Å². The van der Waals surface area contributed by atoms with Crippen molar-refractivity contribution in [3.8, 4) is 0 Å². The lowest BCUT2D eigenvalue weighted by molar-refractivity contribution is 0.429. The van der Waals surface area contributed by atoms with Crippen molar-refractivity contribution in [2.45, 2.75) is 44.4 Å². The van der Waals surface area contributed by atoms with Crippen molar-refractivity contribution in [2.75, 3.05) is 13.1 Å². The van der Waals surface area contributed by atoms with Gasteiger partial charge in [0.15, 0.2) is 0 Å². The highest BCUT2D eigenvalue weighted by atomic mass is 32.2. The summed E-state index contributed by atoms with van der Waals surface area (Å²) in [5, 5.41) is 0. The first-order chi connectivity index (χ1) is 11.2. The molecule has 0 fully saturated rings. The molecule has 1 aromatic heterocycles. The second-order valence-corrected chi connectivity index (χ2v) is 8.78. The van der Waals surface area contributed by atoms with Gasteiger partial charge in [0.1, 0.15) is 0 Å². The third-order valence-corrected chi connectivity index (χ3v) is 6.04. The van der Waals surface area contributed by atoms with E-state index >= 15 is 0 Å². The van der Waals surface area contributed by atoms with Crippen LogP contribution in [0.4, 0.5) is 0 Å². The molecule has 4 nitrogen and oxygen atoms in total. The van der Waals surface area contributed by atoms with Gasteiger partial charge in [-0.25, -0.2) is 8.42 Å². The molecule has 0 unspecified atom stereocenters. The van der Waals surface area contributed by atoms with Crippen molar-refractivity contribution in [3.63, 3.8) is 0 Å². The van der Waals surface area contributed by atoms with Crippen LogP contribution in [0.25, 0.3) is 0 Å². The molecule has 0 saturated carbocycles. The fourth-order valence-corrected chi connectivity index (χ4v) is 3.96. The van der Waals surface area contributed by atoms with Gasteiger partial charge in [-0.05, 0) is 35.2 Å². The molecule has 0 amide bonds. The van der Waals surface area contributed by atoms with Crippen LogP contribution in [0.2, 0.25) is 0 Å². The molecule has 2 rings (SSSR count). The Hall–Kier alpha value is -1.72. The van der Waals surface area contributed by atoms with E-state index in [1.54, 1.807) is 18.3 Å². The quantitative estimate of drug-likeness (QED) is 0.802. The molecule has 1 heterocycles. The van der Waals surface area contributed by atoms with Crippen LogP contribution in [0.3, 0.4) is 0 Å². The van der Waals surface area contributed by atoms with Crippen molar-refractivity contribution in [3.05, 3.63) is 59.9 Å². The second-order valence-electron chi connectivity index (χ2n) is 6.84. The molecule has 5 heteroatoms. The van der Waals surface area contributed by atoms with Crippen molar-refractivity contribution >= 4 is 10.0 Å². The number of benzene rings is 1. The Bertz CT molecular complexity index is 748. The molecule has 1 aromatic carbocycles. The lowest BCUT2D eigenvalue weighted by Gasteiger charge is -2.22. The van der Waals surface area contributed by atoms with Gasteiger partial charge in [0.05, 0.1) is 4.90 Å². The number of likely N-dealkylation sites (N-methyl/N-ethyl adjacent to an activating group) is 1. The number of hydrogen-bond acceptors (Lipinski definition) is 3. The number of aromatic nitrogens is 1. The lowest BCUT2D eigenvalue weighted by Crippen LogP contribution is -2.33. The number of sulfonamides is 1. The average molecular weight is 346 g/mol. The maximum absolute atomic E-state index is 12.9. The van der Waals surface area contributed by atoms with Crippen LogP contribution in [0, 0.1) is 0 Å². The highest BCUT2D eigenvalue weighted by Gasteiger charge is 2.23. The molecule has 0 N–H and O–H groups in total. The van der Waals surface area contributed by atoms with Gasteiger partial charge in [-0.3, -0.25) is 4.98 Å². The number of hydrogen-bond donors (Lipinski definition) is 0. The summed E-state index contributed by atoms with van der Waals surface area (Å²) in [6.45, 7) is 9.07. The van der Waals surface area contributed by atoms with Crippen molar-refractivity contribution in [1.29, 1.82) is 0 Å². The maximum Gasteiger partial charge on any atom is 0.243 e. The Morgan fingerprint density at radius 2 is 1.71 bits per heavy atom. The van der Waals surface area contributed by atoms with Gasteiger partial charge >= 0.3 is 0 Å². The van der Waals surface area contributed by atoms with Crippen LogP contribution in [-0.4, -0.2) is 30.8 Å². The first kappa shape index (κ1) is 18.6. The number of rotatable bonds is 6. The van der Waals surface area contributed by atoms with Gasteiger partial charge in [-0.15, -0.1) is 0 Å². The monoisotopic (exact) mass is 346 g/mol. The topological polar surface area (TPSA) is 50.3 Å². The predicted molar refractivity (Wildman–Crippen MR) is 97.5 cm³/mol. The van der Waals surface area contributed by atoms with Crippen molar-refractivity contribution < 1.29 is 8.42 Å². The summed E-state index contributed by atoms with van der Waals surface area (Å²) in [6.07, 6.45) is 2.33. The molecule has 0 radical (unpaired) electrons. The Morgan fingerprint density at radius 1 is 1.04 bits per heavy atom. The second kappa shape index (κ2) is 7.45. The van der Waals surface area contributed by atoms with Crippen LogP contribution < -0.4 is 0 Å². The van der Waals surface area contributed by atoms with E-state index in [0.29, 0.717) is 24.4 Å². The van der Waals surface area contributed by atoms with Crippen LogP contribution in [0.1, 0.15) is 39.0 Å². The normalized spacial score (nSPS) is 12.5. The zero-order chi connectivity index (χ0) is 17.8. The standard InChI is InChI=1S/C19H26N2O2S/c1-5-21(15-13-17-8-6-7-14-20-17)24(22,23)18-11-9-16(10-12-18)19(2,3)4/h6-12,14H,5,13,15H2,1-4H3. The maximum atomic E-state index is 12.9. The van der Waals surface area contributed by atoms with Crippen LogP contribution >= 0.6 is 0 Å². The first-order valence-corrected chi connectivity index (χ1v) is 9.70. The van der Waals surface area contributed by atoms with Crippen LogP contribution in [0.15, 0.2) is 53.6 Å². The summed E-state index contributed by atoms with van der Waals surface area (Å²) in [5.41, 5.74) is 2.03. The average Bonchev–Trinajstić information content (AvgIpc) is 2.55. The fourth-order valence-electron chi connectivity index (χ4n) is 2.51. The summed E-state index contributed by atoms with van der Waals surface area (Å²) >= 11 is 0. The fraction of sp³-hybridized carbons (Fsp3) is 0.421. The molecule has 130 valence electrons. The molecule has 2 aromatic rings. The Morgan fingerprint density at radius 3 is 2.21 bits per heavy atom. The third-order valence-electron chi connectivity index (χ3n) is 4.05. The van der Waals surface area contributed by atoms with Gasteiger partial charge in [-0.1, -0.05) is 45.9 Å². The van der Waals surface area contributed by atoms with E-state index in [0.717, 1.165) is 11.3 Å². The third kappa shape index (κ3) is 4.42. The number of nitrogens with zero attached hydrogens (tertiary/aromatic N) is 2. The molecule has 0 aliphatic heterocycles. The highest BCUT2D eigenvalue weighted by molar-refractivity contribution is 7.89. The summed E-state index contributed by atoms with van der Waals surface area (Å²) in [7, 11) is -3.48. The van der Waals surface area contributed by atoms with Gasteiger partial charge in [0, 0.05) is 31.4 Å². The minimum Gasteiger partial charge on any atom is -0.261 e. The van der Waals surface area contributed by atoms with E-state index < -0.39 is 10.0 Å². The molecular weight excluding hydrogens is 320 g/mol. The Kier molecular flexibility index (Phi) is 5.78. The molecule has 0 bridgehead atoms. The molecule has 0 aliphatic carbocycles. The van der Waals surface area contributed by atoms with Gasteiger partial charge in [0.25, 0.3) is 0 Å². The molecule has 0 atom stereocenters. The Labute approximate surface area is 145 Å². The summed E-state index contributed by atoms with van der Waals surface area (Å²) < 4.78 is 27.2. The van der Waals surface area contributed by atoms with Gasteiger partial charge in [-0.2, -0.15) is 4.31 Å². The van der Waals surface area contributed by atoms with Gasteiger partial charge < -0.3 is 0 Å². The SMILES string of the molecule is CCN(CCc1ccccn1)S(=O)(=O)c1ccc(C(C)(C)C)cc1. The summed E-state index contributed by atoms with van der Waals surface area (Å²) in [4.78, 5) is 4.60. The summed E-state index contributed by atoms with van der Waals surface area (Å²) in [5.74, 6) is 0.